The Morgan fingerprint density at radius 1 is 0.925 bits per heavy atom. The van der Waals surface area contributed by atoms with Crippen molar-refractivity contribution < 1.29 is 43.0 Å². The van der Waals surface area contributed by atoms with E-state index in [4.69, 9.17) is 18.9 Å². The first-order chi connectivity index (χ1) is 19.2. The molecular weight excluding hydrogens is 524 g/mol. The molecule has 206 valence electrons. The van der Waals surface area contributed by atoms with Crippen molar-refractivity contribution in [2.24, 2.45) is 5.92 Å². The second-order valence-electron chi connectivity index (χ2n) is 8.69. The van der Waals surface area contributed by atoms with Gasteiger partial charge in [-0.25, -0.2) is 4.79 Å². The number of carbonyl (C=O) groups is 4. The summed E-state index contributed by atoms with van der Waals surface area (Å²) in [4.78, 5) is 61.7. The Bertz CT molecular complexity index is 1450. The van der Waals surface area contributed by atoms with Gasteiger partial charge in [0.05, 0.1) is 36.3 Å². The van der Waals surface area contributed by atoms with Crippen molar-refractivity contribution in [1.29, 1.82) is 0 Å². The average Bonchev–Trinajstić information content (AvgIpc) is 3.36. The summed E-state index contributed by atoms with van der Waals surface area (Å²) in [6, 6.07) is 15.5. The first-order valence-electron chi connectivity index (χ1n) is 12.0. The molecule has 12 heteroatoms. The van der Waals surface area contributed by atoms with E-state index in [1.54, 1.807) is 18.2 Å². The summed E-state index contributed by atoms with van der Waals surface area (Å²) in [6.07, 6.45) is -0.0724. The lowest BCUT2D eigenvalue weighted by Gasteiger charge is -2.20. The highest BCUT2D eigenvalue weighted by molar-refractivity contribution is 6.02. The predicted molar refractivity (Wildman–Crippen MR) is 140 cm³/mol. The normalized spacial score (nSPS) is 14.4. The highest BCUT2D eigenvalue weighted by Crippen LogP contribution is 2.36. The fraction of sp³-hybridized carbons (Fsp3) is 0.214. The summed E-state index contributed by atoms with van der Waals surface area (Å²) in [5.74, 6) is -1.81. The fourth-order valence-corrected chi connectivity index (χ4v) is 4.04. The molecular formula is C28H24N2O10. The molecule has 0 spiro atoms. The van der Waals surface area contributed by atoms with Crippen LogP contribution in [0.3, 0.4) is 0 Å². The Kier molecular flexibility index (Phi) is 8.38. The van der Waals surface area contributed by atoms with E-state index >= 15 is 0 Å². The van der Waals surface area contributed by atoms with E-state index in [1.165, 1.54) is 67.7 Å². The number of benzene rings is 3. The molecule has 12 nitrogen and oxygen atoms in total. The maximum Gasteiger partial charge on any atom is 0.343 e. The van der Waals surface area contributed by atoms with Gasteiger partial charge in [0.2, 0.25) is 5.91 Å². The van der Waals surface area contributed by atoms with Gasteiger partial charge in [0.1, 0.15) is 17.2 Å². The van der Waals surface area contributed by atoms with Gasteiger partial charge in [-0.1, -0.05) is 0 Å². The highest BCUT2D eigenvalue weighted by Gasteiger charge is 2.37. The van der Waals surface area contributed by atoms with E-state index in [9.17, 15) is 29.3 Å². The van der Waals surface area contributed by atoms with Crippen LogP contribution in [-0.4, -0.2) is 55.9 Å². The number of Topliss-reactive ketones (excluding diaryl/α,β-unsaturated/α-hetero) is 1. The van der Waals surface area contributed by atoms with Crippen molar-refractivity contribution >= 4 is 35.0 Å². The van der Waals surface area contributed by atoms with Gasteiger partial charge in [-0.05, 0) is 48.5 Å². The number of nitro benzene ring substituents is 1. The minimum Gasteiger partial charge on any atom is -0.497 e. The minimum absolute atomic E-state index is 0.0724. The van der Waals surface area contributed by atoms with Crippen LogP contribution in [0.5, 0.6) is 17.2 Å². The number of rotatable bonds is 10. The molecule has 1 aliphatic rings. The monoisotopic (exact) mass is 548 g/mol. The van der Waals surface area contributed by atoms with Crippen molar-refractivity contribution in [3.63, 3.8) is 0 Å². The van der Waals surface area contributed by atoms with Crippen LogP contribution in [0.2, 0.25) is 0 Å². The first-order valence-corrected chi connectivity index (χ1v) is 12.0. The Hall–Kier alpha value is -5.26. The lowest BCUT2D eigenvalue weighted by Crippen LogP contribution is -2.27. The van der Waals surface area contributed by atoms with E-state index in [-0.39, 0.29) is 41.4 Å². The van der Waals surface area contributed by atoms with Crippen molar-refractivity contribution in [3.8, 4) is 17.2 Å². The molecule has 0 N–H and O–H groups in total. The number of nitrogens with zero attached hydrogens (tertiary/aromatic N) is 2. The summed E-state index contributed by atoms with van der Waals surface area (Å²) in [5.41, 5.74) is 0.672. The standard InChI is InChI=1S/C28H24N2O10/c1-37-22-11-12-23(25(14-22)38-2)29-15-19(13-26(29)32)27(33)39-16-24(31)17-5-9-21(10-6-17)40-28(34)18-3-7-20(8-4-18)30(35)36/h3-12,14,19H,13,15-16H2,1-2H3/t19-/m0/s1. The first kappa shape index (κ1) is 27.8. The minimum atomic E-state index is -0.756. The third kappa shape index (κ3) is 6.23. The van der Waals surface area contributed by atoms with Crippen LogP contribution in [0, 0.1) is 16.0 Å². The van der Waals surface area contributed by atoms with Gasteiger partial charge in [-0.2, -0.15) is 0 Å². The second-order valence-corrected chi connectivity index (χ2v) is 8.69. The SMILES string of the molecule is COc1ccc(N2C[C@@H](C(=O)OCC(=O)c3ccc(OC(=O)c4ccc([N+](=O)[O-])cc4)cc3)CC2=O)c(OC)c1. The van der Waals surface area contributed by atoms with Crippen LogP contribution in [0.4, 0.5) is 11.4 Å². The lowest BCUT2D eigenvalue weighted by atomic mass is 10.1. The van der Waals surface area contributed by atoms with Gasteiger partial charge in [0, 0.05) is 36.7 Å². The van der Waals surface area contributed by atoms with E-state index in [2.05, 4.69) is 0 Å². The van der Waals surface area contributed by atoms with Crippen LogP contribution in [0.15, 0.2) is 66.7 Å². The molecule has 0 aliphatic carbocycles. The number of amides is 1. The second kappa shape index (κ2) is 12.1. The molecule has 0 aromatic heterocycles. The van der Waals surface area contributed by atoms with Crippen LogP contribution >= 0.6 is 0 Å². The van der Waals surface area contributed by atoms with Crippen molar-refractivity contribution in [3.05, 3.63) is 88.0 Å². The Morgan fingerprint density at radius 3 is 2.20 bits per heavy atom. The third-order valence-corrected chi connectivity index (χ3v) is 6.18. The number of carbonyl (C=O) groups excluding carboxylic acids is 4. The highest BCUT2D eigenvalue weighted by atomic mass is 16.6. The smallest absolute Gasteiger partial charge is 0.343 e. The van der Waals surface area contributed by atoms with Crippen LogP contribution in [0.1, 0.15) is 27.1 Å². The number of hydrogen-bond acceptors (Lipinski definition) is 10. The molecule has 1 fully saturated rings. The summed E-state index contributed by atoms with van der Waals surface area (Å²) in [7, 11) is 2.97. The zero-order valence-electron chi connectivity index (χ0n) is 21.5. The van der Waals surface area contributed by atoms with Crippen molar-refractivity contribution in [2.45, 2.75) is 6.42 Å². The van der Waals surface area contributed by atoms with Gasteiger partial charge in [-0.15, -0.1) is 0 Å². The topological polar surface area (TPSA) is 152 Å². The fourth-order valence-electron chi connectivity index (χ4n) is 4.04. The number of nitro groups is 1. The molecule has 1 atom stereocenters. The molecule has 0 radical (unpaired) electrons. The average molecular weight is 549 g/mol. The molecule has 40 heavy (non-hydrogen) atoms. The van der Waals surface area contributed by atoms with Crippen molar-refractivity contribution in [1.82, 2.24) is 0 Å². The van der Waals surface area contributed by atoms with Gasteiger partial charge in [0.25, 0.3) is 5.69 Å². The molecule has 1 amide bonds. The van der Waals surface area contributed by atoms with Crippen LogP contribution in [-0.2, 0) is 14.3 Å². The number of non-ortho nitro benzene ring substituents is 1. The Balaban J connectivity index is 1.30. The zero-order valence-corrected chi connectivity index (χ0v) is 21.5. The number of ether oxygens (including phenoxy) is 4. The number of methoxy groups -OCH3 is 2. The van der Waals surface area contributed by atoms with Crippen LogP contribution in [0.25, 0.3) is 0 Å². The Morgan fingerprint density at radius 2 is 1.57 bits per heavy atom. The van der Waals surface area contributed by atoms with Gasteiger partial charge >= 0.3 is 11.9 Å². The molecule has 0 bridgehead atoms. The quantitative estimate of drug-likeness (QED) is 0.121. The molecule has 1 saturated heterocycles. The van der Waals surface area contributed by atoms with E-state index in [0.717, 1.165) is 0 Å². The molecule has 1 aliphatic heterocycles. The number of esters is 2. The van der Waals surface area contributed by atoms with Crippen molar-refractivity contribution in [2.75, 3.05) is 32.3 Å². The summed E-state index contributed by atoms with van der Waals surface area (Å²) in [6.45, 7) is -0.458. The Labute approximate surface area is 228 Å². The molecule has 3 aromatic carbocycles. The molecule has 0 unspecified atom stereocenters. The number of hydrogen-bond donors (Lipinski definition) is 0. The zero-order chi connectivity index (χ0) is 28.8. The summed E-state index contributed by atoms with van der Waals surface area (Å²) >= 11 is 0. The van der Waals surface area contributed by atoms with Crippen LogP contribution < -0.4 is 19.1 Å². The van der Waals surface area contributed by atoms with Gasteiger partial charge < -0.3 is 23.8 Å². The predicted octanol–water partition coefficient (Wildman–Crippen LogP) is 3.61. The number of ketones is 1. The summed E-state index contributed by atoms with van der Waals surface area (Å²) < 4.78 is 20.9. The molecule has 3 aromatic rings. The molecule has 4 rings (SSSR count). The summed E-state index contributed by atoms with van der Waals surface area (Å²) in [5, 5.41) is 10.7. The third-order valence-electron chi connectivity index (χ3n) is 6.18. The largest absolute Gasteiger partial charge is 0.497 e. The maximum atomic E-state index is 12.6. The molecule has 1 heterocycles. The molecule has 0 saturated carbocycles. The van der Waals surface area contributed by atoms with E-state index < -0.39 is 35.2 Å². The number of anilines is 1. The maximum absolute atomic E-state index is 12.6. The van der Waals surface area contributed by atoms with E-state index in [1.807, 2.05) is 0 Å². The van der Waals surface area contributed by atoms with E-state index in [0.29, 0.717) is 17.2 Å². The van der Waals surface area contributed by atoms with Gasteiger partial charge in [-0.3, -0.25) is 24.5 Å². The van der Waals surface area contributed by atoms with Gasteiger partial charge in [0.15, 0.2) is 12.4 Å². The lowest BCUT2D eigenvalue weighted by molar-refractivity contribution is -0.384.